The highest BCUT2D eigenvalue weighted by Crippen LogP contribution is 2.19. The van der Waals surface area contributed by atoms with Crippen LogP contribution in [0.1, 0.15) is 37.1 Å². The summed E-state index contributed by atoms with van der Waals surface area (Å²) in [6, 6.07) is 7.90. The SMILES string of the molecule is CC[C@H](COC)NC(=O)CCc1nnc(CCc2ccccc2OC)o1. The first-order valence-electron chi connectivity index (χ1n) is 8.87. The van der Waals surface area contributed by atoms with Crippen molar-refractivity contribution in [3.8, 4) is 5.75 Å². The highest BCUT2D eigenvalue weighted by molar-refractivity contribution is 5.76. The number of aryl methyl sites for hydroxylation is 3. The molecule has 2 rings (SSSR count). The number of nitrogens with one attached hydrogen (secondary N) is 1. The van der Waals surface area contributed by atoms with Crippen molar-refractivity contribution in [2.75, 3.05) is 20.8 Å². The maximum absolute atomic E-state index is 12.0. The molecule has 0 saturated carbocycles. The summed E-state index contributed by atoms with van der Waals surface area (Å²) in [4.78, 5) is 12.0. The highest BCUT2D eigenvalue weighted by atomic mass is 16.5. The highest BCUT2D eigenvalue weighted by Gasteiger charge is 2.13. The summed E-state index contributed by atoms with van der Waals surface area (Å²) in [5, 5.41) is 11.0. The fourth-order valence-corrected chi connectivity index (χ4v) is 2.62. The van der Waals surface area contributed by atoms with E-state index >= 15 is 0 Å². The smallest absolute Gasteiger partial charge is 0.220 e. The number of amides is 1. The van der Waals surface area contributed by atoms with Gasteiger partial charge in [-0.15, -0.1) is 10.2 Å². The van der Waals surface area contributed by atoms with Crippen LogP contribution < -0.4 is 10.1 Å². The molecule has 0 spiro atoms. The lowest BCUT2D eigenvalue weighted by atomic mass is 10.1. The van der Waals surface area contributed by atoms with Gasteiger partial charge in [0.05, 0.1) is 19.8 Å². The molecule has 1 aromatic carbocycles. The van der Waals surface area contributed by atoms with Gasteiger partial charge in [-0.25, -0.2) is 0 Å². The van der Waals surface area contributed by atoms with E-state index < -0.39 is 0 Å². The van der Waals surface area contributed by atoms with Crippen LogP contribution in [0.25, 0.3) is 0 Å². The monoisotopic (exact) mass is 361 g/mol. The number of rotatable bonds is 11. The maximum Gasteiger partial charge on any atom is 0.220 e. The first-order valence-corrected chi connectivity index (χ1v) is 8.87. The van der Waals surface area contributed by atoms with Crippen LogP contribution in [0, 0.1) is 0 Å². The zero-order chi connectivity index (χ0) is 18.8. The number of para-hydroxylation sites is 1. The van der Waals surface area contributed by atoms with Gasteiger partial charge in [0.25, 0.3) is 0 Å². The van der Waals surface area contributed by atoms with Gasteiger partial charge in [0.15, 0.2) is 0 Å². The van der Waals surface area contributed by atoms with Crippen molar-refractivity contribution in [3.63, 3.8) is 0 Å². The quantitative estimate of drug-likeness (QED) is 0.661. The minimum absolute atomic E-state index is 0.0339. The molecule has 1 atom stereocenters. The van der Waals surface area contributed by atoms with Crippen molar-refractivity contribution in [2.45, 2.75) is 45.1 Å². The van der Waals surface area contributed by atoms with Crippen LogP contribution in [0.2, 0.25) is 0 Å². The Morgan fingerprint density at radius 2 is 1.88 bits per heavy atom. The number of aromatic nitrogens is 2. The van der Waals surface area contributed by atoms with Crippen molar-refractivity contribution in [1.82, 2.24) is 15.5 Å². The van der Waals surface area contributed by atoms with Crippen LogP contribution in [0.5, 0.6) is 5.75 Å². The molecule has 0 aliphatic rings. The van der Waals surface area contributed by atoms with E-state index in [1.807, 2.05) is 31.2 Å². The number of benzene rings is 1. The number of hydrogen-bond acceptors (Lipinski definition) is 6. The number of carbonyl (C=O) groups is 1. The van der Waals surface area contributed by atoms with Gasteiger partial charge in [0.1, 0.15) is 5.75 Å². The molecule has 2 aromatic rings. The van der Waals surface area contributed by atoms with E-state index in [9.17, 15) is 4.79 Å². The van der Waals surface area contributed by atoms with Crippen molar-refractivity contribution < 1.29 is 18.7 Å². The second-order valence-electron chi connectivity index (χ2n) is 6.03. The lowest BCUT2D eigenvalue weighted by Gasteiger charge is -2.15. The topological polar surface area (TPSA) is 86.5 Å². The fraction of sp³-hybridized carbons (Fsp3) is 0.526. The fourth-order valence-electron chi connectivity index (χ4n) is 2.62. The average Bonchev–Trinajstić information content (AvgIpc) is 3.12. The van der Waals surface area contributed by atoms with Crippen molar-refractivity contribution in [2.24, 2.45) is 0 Å². The van der Waals surface area contributed by atoms with Crippen LogP contribution in [0.4, 0.5) is 0 Å². The molecule has 0 aliphatic heterocycles. The van der Waals surface area contributed by atoms with Crippen LogP contribution in [-0.4, -0.2) is 43.0 Å². The minimum Gasteiger partial charge on any atom is -0.496 e. The van der Waals surface area contributed by atoms with Crippen molar-refractivity contribution >= 4 is 5.91 Å². The maximum atomic E-state index is 12.0. The Labute approximate surface area is 154 Å². The third-order valence-electron chi connectivity index (χ3n) is 4.10. The molecule has 1 aromatic heterocycles. The molecule has 0 aliphatic carbocycles. The summed E-state index contributed by atoms with van der Waals surface area (Å²) >= 11 is 0. The standard InChI is InChI=1S/C19H27N3O4/c1-4-15(13-24-2)20-17(23)10-12-19-22-21-18(26-19)11-9-14-7-5-6-8-16(14)25-3/h5-8,15H,4,9-13H2,1-3H3,(H,20,23)/t15-/m1/s1. The molecule has 142 valence electrons. The number of ether oxygens (including phenoxy) is 2. The molecule has 0 saturated heterocycles. The third-order valence-corrected chi connectivity index (χ3v) is 4.10. The van der Waals surface area contributed by atoms with Gasteiger partial charge in [-0.3, -0.25) is 4.79 Å². The molecule has 1 amide bonds. The number of nitrogens with zero attached hydrogens (tertiary/aromatic N) is 2. The van der Waals surface area contributed by atoms with Gasteiger partial charge in [-0.2, -0.15) is 0 Å². The summed E-state index contributed by atoms with van der Waals surface area (Å²) in [5.74, 6) is 1.86. The molecule has 1 heterocycles. The average molecular weight is 361 g/mol. The zero-order valence-corrected chi connectivity index (χ0v) is 15.7. The van der Waals surface area contributed by atoms with Crippen LogP contribution in [-0.2, 0) is 28.8 Å². The summed E-state index contributed by atoms with van der Waals surface area (Å²) in [7, 11) is 3.28. The molecule has 7 heteroatoms. The number of methoxy groups -OCH3 is 2. The Hall–Kier alpha value is -2.41. The Morgan fingerprint density at radius 3 is 2.58 bits per heavy atom. The van der Waals surface area contributed by atoms with E-state index in [1.165, 1.54) is 0 Å². The Balaban J connectivity index is 1.79. The van der Waals surface area contributed by atoms with E-state index in [2.05, 4.69) is 15.5 Å². The molecular formula is C19H27N3O4. The van der Waals surface area contributed by atoms with Crippen LogP contribution in [0.15, 0.2) is 28.7 Å². The first-order chi connectivity index (χ1) is 12.7. The zero-order valence-electron chi connectivity index (χ0n) is 15.7. The molecule has 0 unspecified atom stereocenters. The Bertz CT molecular complexity index is 687. The molecule has 0 fully saturated rings. The van der Waals surface area contributed by atoms with E-state index in [0.29, 0.717) is 37.7 Å². The number of carbonyl (C=O) groups excluding carboxylic acids is 1. The van der Waals surface area contributed by atoms with Crippen LogP contribution in [0.3, 0.4) is 0 Å². The second-order valence-corrected chi connectivity index (χ2v) is 6.03. The molecule has 0 bridgehead atoms. The van der Waals surface area contributed by atoms with Gasteiger partial charge in [-0.1, -0.05) is 25.1 Å². The van der Waals surface area contributed by atoms with Gasteiger partial charge in [0, 0.05) is 26.4 Å². The second kappa shape index (κ2) is 10.6. The first kappa shape index (κ1) is 19.9. The molecule has 1 N–H and O–H groups in total. The van der Waals surface area contributed by atoms with E-state index in [0.717, 1.165) is 24.2 Å². The number of hydrogen-bond donors (Lipinski definition) is 1. The van der Waals surface area contributed by atoms with Crippen molar-refractivity contribution in [3.05, 3.63) is 41.6 Å². The van der Waals surface area contributed by atoms with E-state index in [4.69, 9.17) is 13.9 Å². The van der Waals surface area contributed by atoms with E-state index in [-0.39, 0.29) is 11.9 Å². The predicted octanol–water partition coefficient (Wildman–Crippen LogP) is 2.34. The van der Waals surface area contributed by atoms with Gasteiger partial charge >= 0.3 is 0 Å². The molecule has 26 heavy (non-hydrogen) atoms. The third kappa shape index (κ3) is 6.15. The predicted molar refractivity (Wildman–Crippen MR) is 97.1 cm³/mol. The molecule has 7 nitrogen and oxygen atoms in total. The lowest BCUT2D eigenvalue weighted by molar-refractivity contribution is -0.122. The van der Waals surface area contributed by atoms with Crippen LogP contribution >= 0.6 is 0 Å². The molecular weight excluding hydrogens is 334 g/mol. The summed E-state index contributed by atoms with van der Waals surface area (Å²) in [6.07, 6.45) is 2.95. The summed E-state index contributed by atoms with van der Waals surface area (Å²) in [6.45, 7) is 2.52. The normalized spacial score (nSPS) is 12.0. The Kier molecular flexibility index (Phi) is 8.08. The lowest BCUT2D eigenvalue weighted by Crippen LogP contribution is -2.37. The summed E-state index contributed by atoms with van der Waals surface area (Å²) < 4.78 is 16.1. The van der Waals surface area contributed by atoms with Gasteiger partial charge in [-0.05, 0) is 24.5 Å². The van der Waals surface area contributed by atoms with Crippen molar-refractivity contribution in [1.29, 1.82) is 0 Å². The largest absolute Gasteiger partial charge is 0.496 e. The Morgan fingerprint density at radius 1 is 1.15 bits per heavy atom. The van der Waals surface area contributed by atoms with Gasteiger partial charge in [0.2, 0.25) is 17.7 Å². The van der Waals surface area contributed by atoms with Gasteiger partial charge < -0.3 is 19.2 Å². The molecule has 0 radical (unpaired) electrons. The minimum atomic E-state index is -0.0392. The van der Waals surface area contributed by atoms with E-state index in [1.54, 1.807) is 14.2 Å². The summed E-state index contributed by atoms with van der Waals surface area (Å²) in [5.41, 5.74) is 1.10.